The van der Waals surface area contributed by atoms with E-state index in [0.29, 0.717) is 49.4 Å². The predicted molar refractivity (Wildman–Crippen MR) is 110 cm³/mol. The molecule has 0 aliphatic carbocycles. The van der Waals surface area contributed by atoms with E-state index in [2.05, 4.69) is 15.9 Å². The SMILES string of the molecule is O=C(Cc1cc(Cl)c2c(c1)OCCCO2)N1CCOC(c2ccc(Br)cc2)C1. The van der Waals surface area contributed by atoms with Crippen molar-refractivity contribution in [2.45, 2.75) is 18.9 Å². The normalized spacial score (nSPS) is 19.2. The van der Waals surface area contributed by atoms with Crippen LogP contribution in [0.15, 0.2) is 40.9 Å². The molecular formula is C21H21BrClNO4. The van der Waals surface area contributed by atoms with Gasteiger partial charge in [0.25, 0.3) is 0 Å². The van der Waals surface area contributed by atoms with Crippen LogP contribution in [0.1, 0.15) is 23.7 Å². The van der Waals surface area contributed by atoms with Crippen molar-refractivity contribution in [3.8, 4) is 11.5 Å². The van der Waals surface area contributed by atoms with Crippen molar-refractivity contribution in [3.05, 3.63) is 57.0 Å². The first-order valence-corrected chi connectivity index (χ1v) is 10.5. The molecule has 0 aromatic heterocycles. The molecule has 28 heavy (non-hydrogen) atoms. The van der Waals surface area contributed by atoms with Crippen LogP contribution in [-0.2, 0) is 16.0 Å². The smallest absolute Gasteiger partial charge is 0.227 e. The fourth-order valence-electron chi connectivity index (χ4n) is 3.43. The van der Waals surface area contributed by atoms with Gasteiger partial charge in [-0.3, -0.25) is 4.79 Å². The number of ether oxygens (including phenoxy) is 3. The highest BCUT2D eigenvalue weighted by Gasteiger charge is 2.26. The maximum atomic E-state index is 12.9. The second-order valence-corrected chi connectivity index (χ2v) is 8.21. The van der Waals surface area contributed by atoms with Gasteiger partial charge in [0.15, 0.2) is 11.5 Å². The molecule has 1 amide bonds. The van der Waals surface area contributed by atoms with Crippen LogP contribution in [0.3, 0.4) is 0 Å². The molecular weight excluding hydrogens is 446 g/mol. The minimum atomic E-state index is -0.113. The van der Waals surface area contributed by atoms with Crippen LogP contribution < -0.4 is 9.47 Å². The Hall–Kier alpha value is -1.76. The zero-order chi connectivity index (χ0) is 19.5. The maximum absolute atomic E-state index is 12.9. The van der Waals surface area contributed by atoms with Gasteiger partial charge in [-0.2, -0.15) is 0 Å². The number of fused-ring (bicyclic) bond motifs is 1. The fraction of sp³-hybridized carbons (Fsp3) is 0.381. The molecule has 1 saturated heterocycles. The van der Waals surface area contributed by atoms with E-state index in [-0.39, 0.29) is 18.4 Å². The van der Waals surface area contributed by atoms with Crippen LogP contribution in [0, 0.1) is 0 Å². The monoisotopic (exact) mass is 465 g/mol. The van der Waals surface area contributed by atoms with E-state index in [1.165, 1.54) is 0 Å². The molecule has 148 valence electrons. The Labute approximate surface area is 177 Å². The van der Waals surface area contributed by atoms with Crippen LogP contribution in [-0.4, -0.2) is 43.7 Å². The largest absolute Gasteiger partial charge is 0.489 e. The topological polar surface area (TPSA) is 48.0 Å². The van der Waals surface area contributed by atoms with Crippen LogP contribution in [0.5, 0.6) is 11.5 Å². The average Bonchev–Trinajstić information content (AvgIpc) is 2.94. The lowest BCUT2D eigenvalue weighted by molar-refractivity contribution is -0.138. The zero-order valence-electron chi connectivity index (χ0n) is 15.3. The third-order valence-corrected chi connectivity index (χ3v) is 5.69. The number of hydrogen-bond acceptors (Lipinski definition) is 4. The molecule has 0 saturated carbocycles. The van der Waals surface area contributed by atoms with E-state index >= 15 is 0 Å². The van der Waals surface area contributed by atoms with Crippen LogP contribution in [0.25, 0.3) is 0 Å². The lowest BCUT2D eigenvalue weighted by atomic mass is 10.1. The van der Waals surface area contributed by atoms with Crippen molar-refractivity contribution >= 4 is 33.4 Å². The molecule has 5 nitrogen and oxygen atoms in total. The summed E-state index contributed by atoms with van der Waals surface area (Å²) >= 11 is 9.79. The Morgan fingerprint density at radius 2 is 1.93 bits per heavy atom. The molecule has 1 fully saturated rings. The Kier molecular flexibility index (Phi) is 6.09. The van der Waals surface area contributed by atoms with E-state index in [9.17, 15) is 4.79 Å². The number of halogens is 2. The number of carbonyl (C=O) groups excluding carboxylic acids is 1. The average molecular weight is 467 g/mol. The van der Waals surface area contributed by atoms with Gasteiger partial charge >= 0.3 is 0 Å². The van der Waals surface area contributed by atoms with Gasteiger partial charge in [-0.1, -0.05) is 39.7 Å². The van der Waals surface area contributed by atoms with Crippen molar-refractivity contribution in [2.24, 2.45) is 0 Å². The summed E-state index contributed by atoms with van der Waals surface area (Å²) in [4.78, 5) is 14.7. The highest BCUT2D eigenvalue weighted by atomic mass is 79.9. The van der Waals surface area contributed by atoms with Crippen LogP contribution in [0.4, 0.5) is 0 Å². The summed E-state index contributed by atoms with van der Waals surface area (Å²) < 4.78 is 18.3. The Balaban J connectivity index is 1.45. The fourth-order valence-corrected chi connectivity index (χ4v) is 3.98. The molecule has 0 spiro atoms. The van der Waals surface area contributed by atoms with E-state index in [0.717, 1.165) is 22.0 Å². The van der Waals surface area contributed by atoms with E-state index < -0.39 is 0 Å². The standard InChI is InChI=1S/C21H21BrClNO4/c22-16-4-2-15(3-5-16)19-13-24(6-9-27-19)20(25)12-14-10-17(23)21-18(11-14)26-7-1-8-28-21/h2-5,10-11,19H,1,6-9,12-13H2. The highest BCUT2D eigenvalue weighted by molar-refractivity contribution is 9.10. The third-order valence-electron chi connectivity index (χ3n) is 4.88. The predicted octanol–water partition coefficient (Wildman–Crippen LogP) is 4.41. The van der Waals surface area contributed by atoms with E-state index in [1.54, 1.807) is 6.07 Å². The second-order valence-electron chi connectivity index (χ2n) is 6.88. The maximum Gasteiger partial charge on any atom is 0.227 e. The summed E-state index contributed by atoms with van der Waals surface area (Å²) in [6.07, 6.45) is 0.964. The first-order valence-electron chi connectivity index (χ1n) is 9.33. The molecule has 7 heteroatoms. The number of nitrogens with zero attached hydrogens (tertiary/aromatic N) is 1. The number of benzene rings is 2. The summed E-state index contributed by atoms with van der Waals surface area (Å²) in [6.45, 7) is 2.81. The Bertz CT molecular complexity index is 858. The van der Waals surface area contributed by atoms with Crippen molar-refractivity contribution in [2.75, 3.05) is 32.9 Å². The number of hydrogen-bond donors (Lipinski definition) is 0. The molecule has 2 aliphatic heterocycles. The molecule has 2 aromatic carbocycles. The molecule has 0 radical (unpaired) electrons. The van der Waals surface area contributed by atoms with Gasteiger partial charge in [-0.05, 0) is 35.4 Å². The molecule has 2 aromatic rings. The van der Waals surface area contributed by atoms with Gasteiger partial charge in [-0.25, -0.2) is 0 Å². The molecule has 1 unspecified atom stereocenters. The molecule has 0 N–H and O–H groups in total. The number of amides is 1. The van der Waals surface area contributed by atoms with Gasteiger partial charge in [0, 0.05) is 17.4 Å². The minimum absolute atomic E-state index is 0.0518. The molecule has 1 atom stereocenters. The third kappa shape index (κ3) is 4.45. The first kappa shape index (κ1) is 19.6. The number of carbonyl (C=O) groups is 1. The lowest BCUT2D eigenvalue weighted by Crippen LogP contribution is -2.43. The Morgan fingerprint density at radius 3 is 2.75 bits per heavy atom. The van der Waals surface area contributed by atoms with Gasteiger partial charge in [0.1, 0.15) is 6.10 Å². The second kappa shape index (κ2) is 8.72. The number of morpholine rings is 1. The van der Waals surface area contributed by atoms with Crippen molar-refractivity contribution in [1.82, 2.24) is 4.90 Å². The molecule has 0 bridgehead atoms. The lowest BCUT2D eigenvalue weighted by Gasteiger charge is -2.33. The van der Waals surface area contributed by atoms with Gasteiger partial charge in [-0.15, -0.1) is 0 Å². The highest BCUT2D eigenvalue weighted by Crippen LogP contribution is 2.38. The summed E-state index contributed by atoms with van der Waals surface area (Å²) in [5.74, 6) is 1.23. The van der Waals surface area contributed by atoms with Crippen molar-refractivity contribution in [1.29, 1.82) is 0 Å². The van der Waals surface area contributed by atoms with E-state index in [1.807, 2.05) is 35.2 Å². The number of rotatable bonds is 3. The zero-order valence-corrected chi connectivity index (χ0v) is 17.7. The quantitative estimate of drug-likeness (QED) is 0.672. The summed E-state index contributed by atoms with van der Waals surface area (Å²) in [5.41, 5.74) is 1.89. The summed E-state index contributed by atoms with van der Waals surface area (Å²) in [7, 11) is 0. The van der Waals surface area contributed by atoms with Gasteiger partial charge in [0.05, 0.1) is 37.8 Å². The van der Waals surface area contributed by atoms with Crippen LogP contribution in [0.2, 0.25) is 5.02 Å². The summed E-state index contributed by atoms with van der Waals surface area (Å²) in [6, 6.07) is 11.7. The molecule has 2 heterocycles. The minimum Gasteiger partial charge on any atom is -0.489 e. The van der Waals surface area contributed by atoms with Gasteiger partial charge in [0.2, 0.25) is 5.91 Å². The first-order chi connectivity index (χ1) is 13.6. The summed E-state index contributed by atoms with van der Waals surface area (Å²) in [5, 5.41) is 0.483. The van der Waals surface area contributed by atoms with Crippen molar-refractivity contribution < 1.29 is 19.0 Å². The van der Waals surface area contributed by atoms with Gasteiger partial charge < -0.3 is 19.1 Å². The van der Waals surface area contributed by atoms with Crippen LogP contribution >= 0.6 is 27.5 Å². The van der Waals surface area contributed by atoms with Crippen molar-refractivity contribution in [3.63, 3.8) is 0 Å². The van der Waals surface area contributed by atoms with E-state index in [4.69, 9.17) is 25.8 Å². The molecule has 2 aliphatic rings. The molecule has 4 rings (SSSR count). The Morgan fingerprint density at radius 1 is 1.14 bits per heavy atom.